The first-order valence-corrected chi connectivity index (χ1v) is 48.7. The molecule has 670 valence electrons. The molecule has 6 heterocycles. The number of aryl methyl sites for hydroxylation is 6. The zero-order valence-electron chi connectivity index (χ0n) is 78.8. The molecule has 26 rings (SSSR count). The van der Waals surface area contributed by atoms with Crippen molar-refractivity contribution in [3.05, 3.63) is 494 Å². The Morgan fingerprint density at radius 3 is 0.831 bits per heavy atom. The van der Waals surface area contributed by atoms with Gasteiger partial charge in [-0.2, -0.15) is 0 Å². The van der Waals surface area contributed by atoms with E-state index in [9.17, 15) is 0 Å². The zero-order valence-corrected chi connectivity index (χ0v) is 78.8. The van der Waals surface area contributed by atoms with Gasteiger partial charge in [-0.05, 0) is 223 Å². The molecule has 0 fully saturated rings. The molecular formula is C132H92N10. The molecule has 0 atom stereocenters. The second-order valence-corrected chi connectivity index (χ2v) is 37.5. The molecule has 0 amide bonds. The number of hydrogen-bond donors (Lipinski definition) is 0. The van der Waals surface area contributed by atoms with Crippen LogP contribution in [0.15, 0.2) is 461 Å². The topological polar surface area (TPSA) is 97.1 Å². The summed E-state index contributed by atoms with van der Waals surface area (Å²) >= 11 is 0. The van der Waals surface area contributed by atoms with Gasteiger partial charge in [-0.1, -0.05) is 356 Å². The van der Waals surface area contributed by atoms with Crippen LogP contribution in [0.2, 0.25) is 0 Å². The van der Waals surface area contributed by atoms with E-state index in [0.29, 0.717) is 34.9 Å². The smallest absolute Gasteiger partial charge is 0.164 e. The molecule has 26 aromatic rings. The van der Waals surface area contributed by atoms with Gasteiger partial charge < -0.3 is 18.3 Å². The third-order valence-electron chi connectivity index (χ3n) is 28.6. The summed E-state index contributed by atoms with van der Waals surface area (Å²) in [6.07, 6.45) is 1.70. The van der Waals surface area contributed by atoms with Crippen molar-refractivity contribution in [1.29, 1.82) is 0 Å². The number of benzene rings is 20. The molecule has 10 nitrogen and oxygen atoms in total. The summed E-state index contributed by atoms with van der Waals surface area (Å²) in [6, 6.07) is 168. The van der Waals surface area contributed by atoms with Crippen LogP contribution in [0.1, 0.15) is 33.4 Å². The predicted octanol–water partition coefficient (Wildman–Crippen LogP) is 33.5. The van der Waals surface area contributed by atoms with Crippen LogP contribution in [0.3, 0.4) is 0 Å². The highest BCUT2D eigenvalue weighted by atomic mass is 15.1. The Morgan fingerprint density at radius 2 is 0.444 bits per heavy atom. The normalized spacial score (nSPS) is 11.7. The molecule has 142 heavy (non-hydrogen) atoms. The van der Waals surface area contributed by atoms with Crippen molar-refractivity contribution in [3.63, 3.8) is 0 Å². The average Bonchev–Trinajstić information content (AvgIpc) is 1.57. The maximum Gasteiger partial charge on any atom is 0.164 e. The third-order valence-corrected chi connectivity index (χ3v) is 28.6. The van der Waals surface area contributed by atoms with Crippen LogP contribution < -0.4 is 0 Å². The monoisotopic (exact) mass is 1820 g/mol. The summed E-state index contributed by atoms with van der Waals surface area (Å²) in [5, 5.41) is 9.40. The summed E-state index contributed by atoms with van der Waals surface area (Å²) in [5.41, 5.74) is 39.6. The second-order valence-electron chi connectivity index (χ2n) is 37.5. The lowest BCUT2D eigenvalue weighted by Gasteiger charge is -2.20. The first-order valence-electron chi connectivity index (χ1n) is 48.7. The summed E-state index contributed by atoms with van der Waals surface area (Å²) in [5.74, 6) is 3.58. The Balaban J connectivity index is 0.553. The van der Waals surface area contributed by atoms with Crippen LogP contribution in [0, 0.1) is 27.7 Å². The van der Waals surface area contributed by atoms with Gasteiger partial charge in [0, 0.05) is 98.7 Å². The fourth-order valence-electron chi connectivity index (χ4n) is 21.7. The van der Waals surface area contributed by atoms with E-state index in [1.54, 1.807) is 0 Å². The van der Waals surface area contributed by atoms with Crippen molar-refractivity contribution in [3.8, 4) is 158 Å². The van der Waals surface area contributed by atoms with Crippen molar-refractivity contribution >= 4 is 87.2 Å². The minimum absolute atomic E-state index is 0.580. The van der Waals surface area contributed by atoms with Gasteiger partial charge in [0.2, 0.25) is 0 Å². The number of nitrogens with zero attached hydrogens (tertiary/aromatic N) is 10. The molecule has 20 aromatic carbocycles. The fourth-order valence-corrected chi connectivity index (χ4v) is 21.7. The lowest BCUT2D eigenvalue weighted by molar-refractivity contribution is 0.960. The van der Waals surface area contributed by atoms with Crippen LogP contribution in [-0.2, 0) is 12.8 Å². The Hall–Kier alpha value is -18.4. The van der Waals surface area contributed by atoms with Gasteiger partial charge in [-0.25, -0.2) is 29.9 Å². The highest BCUT2D eigenvalue weighted by Crippen LogP contribution is 2.49. The standard InChI is InChI=1S/C132H92N10/c1-83-49-56-88(57-50-83)94-61-70-122-110(77-94)104-38-18-27-47-119(104)141(122)125-73-65-99(131-135-127(90-29-9-5-10-30-90)133-128(136-131)91-31-11-6-12-32-91)81-113(125)107-41-21-25-45-117(107)139-115-43-23-17-37-103(115)109-78-95(62-69-121(109)139)89-58-53-87(54-59-89)55-60-96-76-85(3)52-68-102(96)98-64-72-124-112(80-98)106-40-20-28-48-120(106)142(124)126-74-66-100(132-137-129(92-33-13-7-14-34-92)134-130(138-132)93-35-15-8-16-36-93)82-114(126)108-42-22-26-46-118(108)140-116-44-24-19-39-105(116)111-79-97(63-71-123(111)140)101-67-51-84(2)75-86(101)4/h5-54,56-59,61-82H,55,60H2,1-4H3. The minimum Gasteiger partial charge on any atom is -0.309 e. The van der Waals surface area contributed by atoms with Crippen molar-refractivity contribution in [1.82, 2.24) is 48.2 Å². The lowest BCUT2D eigenvalue weighted by Crippen LogP contribution is -2.03. The number of hydrogen-bond acceptors (Lipinski definition) is 6. The molecule has 0 aliphatic carbocycles. The Bertz CT molecular complexity index is 9380. The first kappa shape index (κ1) is 84.2. The van der Waals surface area contributed by atoms with E-state index in [0.717, 1.165) is 152 Å². The first-order chi connectivity index (χ1) is 70.0. The molecule has 0 aliphatic heterocycles. The molecule has 0 saturated heterocycles. The zero-order chi connectivity index (χ0) is 94.6. The van der Waals surface area contributed by atoms with Crippen LogP contribution in [0.5, 0.6) is 0 Å². The number of para-hydroxylation sites is 6. The SMILES string of the molecule is Cc1ccc(-c2ccc3c(c2)c2ccccc2n3-c2ccc(-c3nc(-c4ccccc4)nc(-c4ccccc4)n3)cc2-c2ccccc2-n2c3ccccc3c3cc(-c4ccc(CCc5cc(C)ccc5-c5ccc6c(c5)c5ccccc5n6-c5ccc(-c6nc(-c7ccccc7)nc(-c7ccccc7)n6)cc5-c5ccccc5-n5c6ccccc6c6cc(-c7ccc(C)cc7C)ccc65)cc4)ccc32)cc1. The largest absolute Gasteiger partial charge is 0.309 e. The third kappa shape index (κ3) is 14.9. The van der Waals surface area contributed by atoms with Crippen LogP contribution in [0.25, 0.3) is 245 Å². The average molecular weight is 1820 g/mol. The van der Waals surface area contributed by atoms with E-state index in [1.807, 2.05) is 72.8 Å². The van der Waals surface area contributed by atoms with Gasteiger partial charge in [-0.15, -0.1) is 0 Å². The predicted molar refractivity (Wildman–Crippen MR) is 589 cm³/mol. The van der Waals surface area contributed by atoms with E-state index in [4.69, 9.17) is 29.9 Å². The minimum atomic E-state index is 0.580. The molecule has 10 heteroatoms. The van der Waals surface area contributed by atoms with E-state index in [-0.39, 0.29) is 0 Å². The van der Waals surface area contributed by atoms with E-state index >= 15 is 0 Å². The lowest BCUT2D eigenvalue weighted by atomic mass is 9.92. The number of fused-ring (bicyclic) bond motifs is 12. The molecule has 6 aromatic heterocycles. The van der Waals surface area contributed by atoms with E-state index in [2.05, 4.69) is 434 Å². The number of aromatic nitrogens is 10. The highest BCUT2D eigenvalue weighted by molar-refractivity contribution is 6.16. The second kappa shape index (κ2) is 35.0. The van der Waals surface area contributed by atoms with E-state index < -0.39 is 0 Å². The van der Waals surface area contributed by atoms with Gasteiger partial charge in [0.1, 0.15) is 0 Å². The molecule has 0 saturated carbocycles. The quantitative estimate of drug-likeness (QED) is 0.0800. The van der Waals surface area contributed by atoms with Crippen molar-refractivity contribution in [2.24, 2.45) is 0 Å². The summed E-state index contributed by atoms with van der Waals surface area (Å²) < 4.78 is 9.88. The molecule has 0 aliphatic rings. The summed E-state index contributed by atoms with van der Waals surface area (Å²) in [7, 11) is 0. The van der Waals surface area contributed by atoms with Gasteiger partial charge in [0.25, 0.3) is 0 Å². The number of rotatable bonds is 19. The summed E-state index contributed by atoms with van der Waals surface area (Å²) in [6.45, 7) is 8.74. The van der Waals surface area contributed by atoms with Crippen LogP contribution in [-0.4, -0.2) is 48.2 Å². The van der Waals surface area contributed by atoms with Gasteiger partial charge in [-0.3, -0.25) is 0 Å². The van der Waals surface area contributed by atoms with Gasteiger partial charge >= 0.3 is 0 Å². The maximum absolute atomic E-state index is 5.36. The molecular weight excluding hydrogens is 1730 g/mol. The molecule has 0 bridgehead atoms. The Kier molecular flexibility index (Phi) is 20.7. The van der Waals surface area contributed by atoms with Crippen molar-refractivity contribution in [2.45, 2.75) is 40.5 Å². The molecule has 0 N–H and O–H groups in total. The van der Waals surface area contributed by atoms with Crippen LogP contribution >= 0.6 is 0 Å². The van der Waals surface area contributed by atoms with E-state index in [1.165, 1.54) is 104 Å². The maximum atomic E-state index is 5.36. The van der Waals surface area contributed by atoms with Crippen molar-refractivity contribution in [2.75, 3.05) is 0 Å². The summed E-state index contributed by atoms with van der Waals surface area (Å²) in [4.78, 5) is 31.7. The molecule has 0 spiro atoms. The van der Waals surface area contributed by atoms with Crippen molar-refractivity contribution < 1.29 is 0 Å². The highest BCUT2D eigenvalue weighted by Gasteiger charge is 2.28. The molecule has 0 unspecified atom stereocenters. The van der Waals surface area contributed by atoms with Crippen LogP contribution in [0.4, 0.5) is 0 Å². The Labute approximate surface area is 822 Å². The fraction of sp³-hybridized carbons (Fsp3) is 0.0455. The molecule has 0 radical (unpaired) electrons. The van der Waals surface area contributed by atoms with Gasteiger partial charge in [0.05, 0.1) is 66.9 Å². The van der Waals surface area contributed by atoms with Gasteiger partial charge in [0.15, 0.2) is 34.9 Å². The Morgan fingerprint density at radius 1 is 0.162 bits per heavy atom.